The van der Waals surface area contributed by atoms with Gasteiger partial charge in [-0.25, -0.2) is 4.79 Å². The summed E-state index contributed by atoms with van der Waals surface area (Å²) in [4.78, 5) is 12.1. The molecule has 18 heavy (non-hydrogen) atoms. The lowest BCUT2D eigenvalue weighted by molar-refractivity contribution is -0.139. The number of esters is 1. The lowest BCUT2D eigenvalue weighted by Crippen LogP contribution is -2.50. The van der Waals surface area contributed by atoms with E-state index in [1.165, 1.54) is 0 Å². The molecule has 2 N–H and O–H groups in total. The van der Waals surface area contributed by atoms with Gasteiger partial charge in [0.15, 0.2) is 5.11 Å². The molecule has 1 heterocycles. The summed E-state index contributed by atoms with van der Waals surface area (Å²) < 4.78 is 5.15. The van der Waals surface area contributed by atoms with Gasteiger partial charge in [0.05, 0.1) is 18.2 Å². The van der Waals surface area contributed by atoms with Gasteiger partial charge in [-0.15, -0.1) is 0 Å². The average molecular weight is 270 g/mol. The zero-order valence-electron chi connectivity index (χ0n) is 11.3. The first kappa shape index (κ1) is 15.0. The quantitative estimate of drug-likeness (QED) is 0.573. The van der Waals surface area contributed by atoms with Crippen molar-refractivity contribution in [2.24, 2.45) is 0 Å². The van der Waals surface area contributed by atoms with Crippen LogP contribution in [0, 0.1) is 0 Å². The molecule has 4 nitrogen and oxygen atoms in total. The largest absolute Gasteiger partial charge is 0.463 e. The standard InChI is InChI=1S/C13H22N2O2S/c1-4-7-9-11(12(16)17-6-3)10(8-5-2)15-13(18)14-9/h9H,4-8H2,1-3H3,(H2,14,15,18). The summed E-state index contributed by atoms with van der Waals surface area (Å²) in [6.45, 7) is 6.39. The van der Waals surface area contributed by atoms with Gasteiger partial charge < -0.3 is 15.4 Å². The van der Waals surface area contributed by atoms with E-state index in [4.69, 9.17) is 17.0 Å². The minimum Gasteiger partial charge on any atom is -0.463 e. The van der Waals surface area contributed by atoms with Crippen LogP contribution >= 0.6 is 12.2 Å². The molecule has 0 spiro atoms. The molecule has 1 atom stereocenters. The minimum absolute atomic E-state index is 0.0238. The highest BCUT2D eigenvalue weighted by Crippen LogP contribution is 2.21. The van der Waals surface area contributed by atoms with Crippen molar-refractivity contribution < 1.29 is 9.53 Å². The molecule has 1 rings (SSSR count). The van der Waals surface area contributed by atoms with Gasteiger partial charge in [0, 0.05) is 5.70 Å². The Morgan fingerprint density at radius 1 is 1.33 bits per heavy atom. The molecule has 0 bridgehead atoms. The second kappa shape index (κ2) is 7.36. The highest BCUT2D eigenvalue weighted by atomic mass is 32.1. The van der Waals surface area contributed by atoms with Crippen LogP contribution in [0.15, 0.2) is 11.3 Å². The predicted molar refractivity (Wildman–Crippen MR) is 76.1 cm³/mol. The lowest BCUT2D eigenvalue weighted by atomic mass is 9.97. The van der Waals surface area contributed by atoms with Crippen molar-refractivity contribution >= 4 is 23.3 Å². The lowest BCUT2D eigenvalue weighted by Gasteiger charge is -2.30. The monoisotopic (exact) mass is 270 g/mol. The molecule has 1 aliphatic heterocycles. The summed E-state index contributed by atoms with van der Waals surface area (Å²) in [7, 11) is 0. The molecule has 0 aromatic heterocycles. The molecular weight excluding hydrogens is 248 g/mol. The van der Waals surface area contributed by atoms with Gasteiger partial charge in [0.25, 0.3) is 0 Å². The Morgan fingerprint density at radius 2 is 2.06 bits per heavy atom. The summed E-state index contributed by atoms with van der Waals surface area (Å²) in [5.74, 6) is -0.234. The van der Waals surface area contributed by atoms with Crippen molar-refractivity contribution in [3.63, 3.8) is 0 Å². The van der Waals surface area contributed by atoms with Gasteiger partial charge in [-0.05, 0) is 32.0 Å². The third-order valence-corrected chi connectivity index (χ3v) is 3.04. The Kier molecular flexibility index (Phi) is 6.12. The third-order valence-electron chi connectivity index (χ3n) is 2.82. The van der Waals surface area contributed by atoms with Crippen LogP contribution in [-0.2, 0) is 9.53 Å². The van der Waals surface area contributed by atoms with Gasteiger partial charge in [-0.3, -0.25) is 0 Å². The summed E-state index contributed by atoms with van der Waals surface area (Å²) in [5, 5.41) is 6.85. The second-order valence-corrected chi connectivity index (χ2v) is 4.71. The number of hydrogen-bond acceptors (Lipinski definition) is 3. The van der Waals surface area contributed by atoms with Crippen LogP contribution in [0.3, 0.4) is 0 Å². The highest BCUT2D eigenvalue weighted by molar-refractivity contribution is 7.80. The Bertz CT molecular complexity index is 353. The van der Waals surface area contributed by atoms with Crippen molar-refractivity contribution in [1.82, 2.24) is 10.6 Å². The molecule has 5 heteroatoms. The van der Waals surface area contributed by atoms with Crippen LogP contribution in [0.1, 0.15) is 46.5 Å². The van der Waals surface area contributed by atoms with Crippen LogP contribution in [-0.4, -0.2) is 23.7 Å². The normalized spacial score (nSPS) is 19.3. The zero-order chi connectivity index (χ0) is 13.5. The van der Waals surface area contributed by atoms with E-state index in [1.807, 2.05) is 6.92 Å². The number of carbonyl (C=O) groups is 1. The molecule has 0 aliphatic carbocycles. The van der Waals surface area contributed by atoms with E-state index in [1.54, 1.807) is 0 Å². The number of rotatable bonds is 6. The summed E-state index contributed by atoms with van der Waals surface area (Å²) >= 11 is 5.18. The number of nitrogens with one attached hydrogen (secondary N) is 2. The van der Waals surface area contributed by atoms with E-state index in [2.05, 4.69) is 24.5 Å². The van der Waals surface area contributed by atoms with E-state index in [-0.39, 0.29) is 12.0 Å². The van der Waals surface area contributed by atoms with Crippen LogP contribution in [0.5, 0.6) is 0 Å². The summed E-state index contributed by atoms with van der Waals surface area (Å²) in [6, 6.07) is -0.0238. The fourth-order valence-electron chi connectivity index (χ4n) is 2.11. The van der Waals surface area contributed by atoms with Crippen LogP contribution in [0.4, 0.5) is 0 Å². The number of ether oxygens (including phenoxy) is 1. The van der Waals surface area contributed by atoms with Crippen molar-refractivity contribution in [2.45, 2.75) is 52.5 Å². The molecule has 1 aliphatic rings. The van der Waals surface area contributed by atoms with Gasteiger partial charge in [0.2, 0.25) is 0 Å². The number of thiocarbonyl (C=S) groups is 1. The maximum atomic E-state index is 12.1. The van der Waals surface area contributed by atoms with E-state index in [0.29, 0.717) is 17.3 Å². The van der Waals surface area contributed by atoms with E-state index in [9.17, 15) is 4.79 Å². The van der Waals surface area contributed by atoms with Gasteiger partial charge in [-0.2, -0.15) is 0 Å². The van der Waals surface area contributed by atoms with Gasteiger partial charge >= 0.3 is 5.97 Å². The molecule has 0 radical (unpaired) electrons. The van der Waals surface area contributed by atoms with Crippen molar-refractivity contribution in [1.29, 1.82) is 0 Å². The van der Waals surface area contributed by atoms with Crippen LogP contribution < -0.4 is 10.6 Å². The third kappa shape index (κ3) is 3.70. The molecule has 0 aromatic rings. The zero-order valence-corrected chi connectivity index (χ0v) is 12.2. The summed E-state index contributed by atoms with van der Waals surface area (Å²) in [5.41, 5.74) is 1.63. The van der Waals surface area contributed by atoms with Crippen LogP contribution in [0.25, 0.3) is 0 Å². The first-order chi connectivity index (χ1) is 8.63. The predicted octanol–water partition coefficient (Wildman–Crippen LogP) is 2.25. The van der Waals surface area contributed by atoms with Crippen molar-refractivity contribution in [2.75, 3.05) is 6.61 Å². The smallest absolute Gasteiger partial charge is 0.337 e. The second-order valence-electron chi connectivity index (χ2n) is 4.30. The van der Waals surface area contributed by atoms with Crippen molar-refractivity contribution in [3.05, 3.63) is 11.3 Å². The SMILES string of the molecule is CCCC1=C(C(=O)OCC)C(CCC)NC(=S)N1. The Morgan fingerprint density at radius 3 is 2.61 bits per heavy atom. The molecule has 102 valence electrons. The first-order valence-electron chi connectivity index (χ1n) is 6.61. The topological polar surface area (TPSA) is 50.4 Å². The number of carbonyl (C=O) groups excluding carboxylic acids is 1. The van der Waals surface area contributed by atoms with Crippen molar-refractivity contribution in [3.8, 4) is 0 Å². The minimum atomic E-state index is -0.234. The molecular formula is C13H22N2O2S. The Labute approximate surface area is 114 Å². The first-order valence-corrected chi connectivity index (χ1v) is 7.02. The molecule has 1 unspecified atom stereocenters. The highest BCUT2D eigenvalue weighted by Gasteiger charge is 2.29. The van der Waals surface area contributed by atoms with Gasteiger partial charge in [0.1, 0.15) is 0 Å². The Balaban J connectivity index is 3.04. The number of allylic oxidation sites excluding steroid dienone is 1. The molecule has 0 saturated carbocycles. The molecule has 0 aromatic carbocycles. The Hall–Kier alpha value is -1.10. The average Bonchev–Trinajstić information content (AvgIpc) is 2.29. The van der Waals surface area contributed by atoms with E-state index >= 15 is 0 Å². The van der Waals surface area contributed by atoms with Crippen LogP contribution in [0.2, 0.25) is 0 Å². The maximum Gasteiger partial charge on any atom is 0.337 e. The fourth-order valence-corrected chi connectivity index (χ4v) is 2.37. The summed E-state index contributed by atoms with van der Waals surface area (Å²) in [6.07, 6.45) is 3.65. The number of hydrogen-bond donors (Lipinski definition) is 2. The molecule has 0 saturated heterocycles. The molecule has 0 fully saturated rings. The van der Waals surface area contributed by atoms with E-state index in [0.717, 1.165) is 31.4 Å². The van der Waals surface area contributed by atoms with Gasteiger partial charge in [-0.1, -0.05) is 26.7 Å². The maximum absolute atomic E-state index is 12.1. The fraction of sp³-hybridized carbons (Fsp3) is 0.692. The van der Waals surface area contributed by atoms with E-state index < -0.39 is 0 Å². The molecule has 0 amide bonds.